The fourth-order valence-corrected chi connectivity index (χ4v) is 2.71. The van der Waals surface area contributed by atoms with Crippen LogP contribution in [0, 0.1) is 5.82 Å². The van der Waals surface area contributed by atoms with Crippen molar-refractivity contribution in [1.82, 2.24) is 0 Å². The first-order valence-electron chi connectivity index (χ1n) is 5.68. The molecule has 20 heavy (non-hydrogen) atoms. The Morgan fingerprint density at radius 2 is 1.85 bits per heavy atom. The van der Waals surface area contributed by atoms with Crippen molar-refractivity contribution in [2.75, 3.05) is 7.11 Å². The summed E-state index contributed by atoms with van der Waals surface area (Å²) in [6, 6.07) is 8.03. The molecule has 0 saturated heterocycles. The molecule has 6 heteroatoms. The Balaban J connectivity index is 2.52. The van der Waals surface area contributed by atoms with Crippen molar-refractivity contribution in [3.8, 4) is 5.75 Å². The van der Waals surface area contributed by atoms with Crippen LogP contribution in [0.25, 0.3) is 0 Å². The van der Waals surface area contributed by atoms with E-state index in [2.05, 4.69) is 31.9 Å². The fraction of sp³-hybridized carbons (Fsp3) is 0.143. The van der Waals surface area contributed by atoms with Gasteiger partial charge in [0.25, 0.3) is 0 Å². The first-order chi connectivity index (χ1) is 9.45. The summed E-state index contributed by atoms with van der Waals surface area (Å²) in [7, 11) is 1.54. The lowest BCUT2D eigenvalue weighted by Gasteiger charge is -2.18. The molecule has 2 nitrogen and oxygen atoms in total. The zero-order valence-corrected chi connectivity index (χ0v) is 14.4. The molecule has 1 atom stereocenters. The largest absolute Gasteiger partial charge is 0.496 e. The molecular weight excluding hydrogens is 412 g/mol. The topological polar surface area (TPSA) is 35.2 Å². The van der Waals surface area contributed by atoms with Crippen LogP contribution in [-0.2, 0) is 0 Å². The molecule has 0 aliphatic rings. The number of methoxy groups -OCH3 is 1. The Morgan fingerprint density at radius 1 is 1.20 bits per heavy atom. The van der Waals surface area contributed by atoms with Gasteiger partial charge in [-0.3, -0.25) is 0 Å². The molecule has 1 unspecified atom stereocenters. The standard InChI is InChI=1S/C14H11Br2ClFNO/c1-20-11-6-7(15)2-3-8(11)14(19)9-4-5-10(16)12(17)13(9)18/h2-6,14H,19H2,1H3. The third-order valence-electron chi connectivity index (χ3n) is 2.93. The van der Waals surface area contributed by atoms with E-state index in [0.717, 1.165) is 4.47 Å². The molecule has 0 radical (unpaired) electrons. The van der Waals surface area contributed by atoms with E-state index in [1.807, 2.05) is 6.07 Å². The van der Waals surface area contributed by atoms with Gasteiger partial charge in [-0.15, -0.1) is 0 Å². The fourth-order valence-electron chi connectivity index (χ4n) is 1.89. The molecule has 2 N–H and O–H groups in total. The van der Waals surface area contributed by atoms with Crippen molar-refractivity contribution in [3.05, 3.63) is 61.2 Å². The molecule has 2 aromatic rings. The summed E-state index contributed by atoms with van der Waals surface area (Å²) < 4.78 is 20.9. The van der Waals surface area contributed by atoms with E-state index in [-0.39, 0.29) is 5.02 Å². The minimum absolute atomic E-state index is 0.0222. The minimum Gasteiger partial charge on any atom is -0.496 e. The highest BCUT2D eigenvalue weighted by atomic mass is 79.9. The third-order valence-corrected chi connectivity index (χ3v) is 4.68. The van der Waals surface area contributed by atoms with Crippen LogP contribution in [0.15, 0.2) is 39.3 Å². The van der Waals surface area contributed by atoms with Crippen molar-refractivity contribution in [1.29, 1.82) is 0 Å². The molecule has 0 aliphatic heterocycles. The molecule has 106 valence electrons. The Kier molecular flexibility index (Phi) is 5.07. The van der Waals surface area contributed by atoms with E-state index in [0.29, 0.717) is 21.3 Å². The average Bonchev–Trinajstić information content (AvgIpc) is 2.44. The predicted molar refractivity (Wildman–Crippen MR) is 85.8 cm³/mol. The molecule has 0 spiro atoms. The van der Waals surface area contributed by atoms with Crippen LogP contribution in [0.4, 0.5) is 4.39 Å². The Morgan fingerprint density at radius 3 is 2.50 bits per heavy atom. The van der Waals surface area contributed by atoms with E-state index in [1.54, 1.807) is 31.4 Å². The van der Waals surface area contributed by atoms with Gasteiger partial charge in [0.2, 0.25) is 0 Å². The van der Waals surface area contributed by atoms with Gasteiger partial charge in [-0.05, 0) is 34.1 Å². The Labute approximate surface area is 138 Å². The van der Waals surface area contributed by atoms with Gasteiger partial charge in [0.05, 0.1) is 18.2 Å². The maximum atomic E-state index is 14.2. The van der Waals surface area contributed by atoms with Crippen LogP contribution in [0.3, 0.4) is 0 Å². The van der Waals surface area contributed by atoms with Gasteiger partial charge >= 0.3 is 0 Å². The first kappa shape index (κ1) is 15.8. The zero-order valence-electron chi connectivity index (χ0n) is 10.5. The highest BCUT2D eigenvalue weighted by molar-refractivity contribution is 9.10. The van der Waals surface area contributed by atoms with Gasteiger partial charge < -0.3 is 10.5 Å². The van der Waals surface area contributed by atoms with Crippen molar-refractivity contribution in [3.63, 3.8) is 0 Å². The lowest BCUT2D eigenvalue weighted by Crippen LogP contribution is -2.15. The molecule has 0 heterocycles. The van der Waals surface area contributed by atoms with Crippen molar-refractivity contribution in [2.24, 2.45) is 5.73 Å². The molecule has 2 aromatic carbocycles. The summed E-state index contributed by atoms with van der Waals surface area (Å²) in [5, 5.41) is 0.0222. The maximum Gasteiger partial charge on any atom is 0.148 e. The number of rotatable bonds is 3. The van der Waals surface area contributed by atoms with E-state index in [1.165, 1.54) is 0 Å². The van der Waals surface area contributed by atoms with Gasteiger partial charge in [0.15, 0.2) is 0 Å². The highest BCUT2D eigenvalue weighted by Gasteiger charge is 2.20. The van der Waals surface area contributed by atoms with Crippen LogP contribution < -0.4 is 10.5 Å². The van der Waals surface area contributed by atoms with Gasteiger partial charge in [-0.1, -0.05) is 39.7 Å². The number of benzene rings is 2. The molecule has 0 aromatic heterocycles. The summed E-state index contributed by atoms with van der Waals surface area (Å²) in [5.74, 6) is 0.0591. The van der Waals surface area contributed by atoms with Crippen molar-refractivity contribution in [2.45, 2.75) is 6.04 Å². The summed E-state index contributed by atoms with van der Waals surface area (Å²) in [6.07, 6.45) is 0. The molecule has 2 rings (SSSR count). The van der Waals surface area contributed by atoms with Crippen molar-refractivity contribution < 1.29 is 9.13 Å². The van der Waals surface area contributed by atoms with E-state index in [4.69, 9.17) is 22.1 Å². The first-order valence-corrected chi connectivity index (χ1v) is 7.64. The predicted octanol–water partition coefficient (Wildman–Crippen LogP) is 5.06. The lowest BCUT2D eigenvalue weighted by molar-refractivity contribution is 0.407. The van der Waals surface area contributed by atoms with Gasteiger partial charge in [0.1, 0.15) is 11.6 Å². The maximum absolute atomic E-state index is 14.2. The smallest absolute Gasteiger partial charge is 0.148 e. The molecule has 0 amide bonds. The monoisotopic (exact) mass is 421 g/mol. The molecule has 0 saturated carbocycles. The summed E-state index contributed by atoms with van der Waals surface area (Å²) in [5.41, 5.74) is 7.16. The number of hydrogen-bond donors (Lipinski definition) is 1. The van der Waals surface area contributed by atoms with Gasteiger partial charge in [-0.25, -0.2) is 4.39 Å². The van der Waals surface area contributed by atoms with Crippen molar-refractivity contribution >= 4 is 43.5 Å². The van der Waals surface area contributed by atoms with E-state index >= 15 is 0 Å². The normalized spacial score (nSPS) is 12.3. The molecular formula is C14H11Br2ClFNO. The van der Waals surface area contributed by atoms with Gasteiger partial charge in [0, 0.05) is 20.1 Å². The summed E-state index contributed by atoms with van der Waals surface area (Å²) in [6.45, 7) is 0. The third kappa shape index (κ3) is 3.01. The lowest BCUT2D eigenvalue weighted by atomic mass is 9.98. The van der Waals surface area contributed by atoms with Crippen LogP contribution in [0.5, 0.6) is 5.75 Å². The number of hydrogen-bond acceptors (Lipinski definition) is 2. The second kappa shape index (κ2) is 6.43. The number of ether oxygens (including phenoxy) is 1. The second-order valence-corrected chi connectivity index (χ2v) is 6.28. The highest BCUT2D eigenvalue weighted by Crippen LogP contribution is 2.35. The summed E-state index contributed by atoms with van der Waals surface area (Å²) >= 11 is 12.4. The Bertz CT molecular complexity index is 651. The Hall–Kier alpha value is -0.620. The van der Waals surface area contributed by atoms with Crippen LogP contribution in [0.2, 0.25) is 5.02 Å². The van der Waals surface area contributed by atoms with Crippen LogP contribution >= 0.6 is 43.5 Å². The molecule has 0 aliphatic carbocycles. The SMILES string of the molecule is COc1cc(Br)ccc1C(N)c1ccc(Br)c(Cl)c1F. The molecule has 0 fully saturated rings. The minimum atomic E-state index is -0.663. The number of halogens is 4. The number of nitrogens with two attached hydrogens (primary N) is 1. The van der Waals surface area contributed by atoms with Gasteiger partial charge in [-0.2, -0.15) is 0 Å². The van der Waals surface area contributed by atoms with Crippen LogP contribution in [0.1, 0.15) is 17.2 Å². The summed E-state index contributed by atoms with van der Waals surface area (Å²) in [4.78, 5) is 0. The van der Waals surface area contributed by atoms with E-state index < -0.39 is 11.9 Å². The average molecular weight is 424 g/mol. The molecule has 0 bridgehead atoms. The van der Waals surface area contributed by atoms with Crippen LogP contribution in [-0.4, -0.2) is 7.11 Å². The van der Waals surface area contributed by atoms with E-state index in [9.17, 15) is 4.39 Å². The quantitative estimate of drug-likeness (QED) is 0.701. The second-order valence-electron chi connectivity index (χ2n) is 4.13. The zero-order chi connectivity index (χ0) is 14.9.